The molecule has 0 saturated heterocycles. The first-order valence-electron chi connectivity index (χ1n) is 5.48. The Morgan fingerprint density at radius 2 is 1.70 bits per heavy atom. The SMILES string of the molecule is O=C(C[n+]1ccc(Cl)cc1)c1ccc([N+](=O)[O-])cc1.[Cl-]. The van der Waals surface area contributed by atoms with Gasteiger partial charge in [-0.15, -0.1) is 0 Å². The molecule has 0 N–H and O–H groups in total. The fourth-order valence-corrected chi connectivity index (χ4v) is 1.68. The molecule has 0 atom stereocenters. The van der Waals surface area contributed by atoms with Crippen LogP contribution in [0.2, 0.25) is 5.02 Å². The van der Waals surface area contributed by atoms with Crippen molar-refractivity contribution in [2.24, 2.45) is 0 Å². The van der Waals surface area contributed by atoms with Crippen LogP contribution in [0.5, 0.6) is 0 Å². The van der Waals surface area contributed by atoms with Gasteiger partial charge in [0.05, 0.1) is 9.95 Å². The van der Waals surface area contributed by atoms with Crippen molar-refractivity contribution >= 4 is 23.1 Å². The van der Waals surface area contributed by atoms with Gasteiger partial charge >= 0.3 is 0 Å². The average molecular weight is 313 g/mol. The maximum absolute atomic E-state index is 12.0. The highest BCUT2D eigenvalue weighted by molar-refractivity contribution is 6.30. The number of carbonyl (C=O) groups excluding carboxylic acids is 1. The molecule has 0 aliphatic rings. The van der Waals surface area contributed by atoms with Crippen molar-refractivity contribution in [3.8, 4) is 0 Å². The van der Waals surface area contributed by atoms with E-state index in [-0.39, 0.29) is 30.4 Å². The van der Waals surface area contributed by atoms with E-state index < -0.39 is 4.92 Å². The Hall–Kier alpha value is -1.98. The van der Waals surface area contributed by atoms with E-state index in [0.29, 0.717) is 10.6 Å². The van der Waals surface area contributed by atoms with Gasteiger partial charge in [-0.05, 0) is 12.1 Å². The molecule has 1 aromatic heterocycles. The van der Waals surface area contributed by atoms with Gasteiger partial charge in [-0.3, -0.25) is 14.9 Å². The smallest absolute Gasteiger partial charge is 0.269 e. The number of Topliss-reactive ketones (excluding diaryl/α,β-unsaturated/α-hetero) is 1. The molecule has 7 heteroatoms. The predicted octanol–water partition coefficient (Wildman–Crippen LogP) is -0.577. The lowest BCUT2D eigenvalue weighted by Crippen LogP contribution is -3.00. The Kier molecular flexibility index (Phi) is 5.61. The van der Waals surface area contributed by atoms with Crippen LogP contribution in [0, 0.1) is 10.1 Å². The number of nitrogens with zero attached hydrogens (tertiary/aromatic N) is 2. The summed E-state index contributed by atoms with van der Waals surface area (Å²) in [6.07, 6.45) is 3.40. The zero-order chi connectivity index (χ0) is 13.8. The van der Waals surface area contributed by atoms with Crippen LogP contribution in [0.25, 0.3) is 0 Å². The molecular weight excluding hydrogens is 303 g/mol. The molecule has 0 aliphatic heterocycles. The molecule has 2 rings (SSSR count). The van der Waals surface area contributed by atoms with Gasteiger partial charge in [0.1, 0.15) is 0 Å². The van der Waals surface area contributed by atoms with Gasteiger partial charge in [0, 0.05) is 29.8 Å². The van der Waals surface area contributed by atoms with Crippen molar-refractivity contribution in [1.29, 1.82) is 0 Å². The van der Waals surface area contributed by atoms with Crippen molar-refractivity contribution in [3.63, 3.8) is 0 Å². The van der Waals surface area contributed by atoms with Gasteiger partial charge in [0.25, 0.3) is 5.69 Å². The fourth-order valence-electron chi connectivity index (χ4n) is 1.57. The van der Waals surface area contributed by atoms with Crippen molar-refractivity contribution in [2.75, 3.05) is 0 Å². The first-order valence-corrected chi connectivity index (χ1v) is 5.86. The van der Waals surface area contributed by atoms with Gasteiger partial charge in [-0.2, -0.15) is 4.57 Å². The average Bonchev–Trinajstić information content (AvgIpc) is 2.41. The molecule has 0 bridgehead atoms. The van der Waals surface area contributed by atoms with Gasteiger partial charge < -0.3 is 12.4 Å². The molecule has 5 nitrogen and oxygen atoms in total. The highest BCUT2D eigenvalue weighted by Gasteiger charge is 2.13. The monoisotopic (exact) mass is 312 g/mol. The standard InChI is InChI=1S/C13H10ClN2O3.ClH/c14-11-5-7-15(8-6-11)9-13(17)10-1-3-12(4-2-10)16(18)19;/h1-8H,9H2;1H/q+1;/p-1. The zero-order valence-electron chi connectivity index (χ0n) is 10.2. The molecule has 0 aliphatic carbocycles. The van der Waals surface area contributed by atoms with Gasteiger partial charge in [0.2, 0.25) is 12.3 Å². The first kappa shape index (κ1) is 16.1. The lowest BCUT2D eigenvalue weighted by Gasteiger charge is -1.98. The van der Waals surface area contributed by atoms with Gasteiger partial charge in [0.15, 0.2) is 12.4 Å². The summed E-state index contributed by atoms with van der Waals surface area (Å²) in [4.78, 5) is 22.0. The fraction of sp³-hybridized carbons (Fsp3) is 0.0769. The third-order valence-corrected chi connectivity index (χ3v) is 2.83. The van der Waals surface area contributed by atoms with Crippen molar-refractivity contribution in [3.05, 3.63) is 69.5 Å². The molecule has 0 fully saturated rings. The topological polar surface area (TPSA) is 64.1 Å². The largest absolute Gasteiger partial charge is 1.00 e. The van der Waals surface area contributed by atoms with Crippen LogP contribution in [-0.2, 0) is 6.54 Å². The van der Waals surface area contributed by atoms with E-state index in [1.807, 2.05) is 0 Å². The second-order valence-corrected chi connectivity index (χ2v) is 4.35. The zero-order valence-corrected chi connectivity index (χ0v) is 11.7. The van der Waals surface area contributed by atoms with Crippen molar-refractivity contribution in [1.82, 2.24) is 0 Å². The van der Waals surface area contributed by atoms with Crippen molar-refractivity contribution in [2.45, 2.75) is 6.54 Å². The minimum Gasteiger partial charge on any atom is -1.00 e. The predicted molar refractivity (Wildman–Crippen MR) is 69.1 cm³/mol. The summed E-state index contributed by atoms with van der Waals surface area (Å²) < 4.78 is 1.69. The third kappa shape index (κ3) is 4.01. The number of nitro groups is 1. The van der Waals surface area contributed by atoms with Crippen LogP contribution in [0.4, 0.5) is 5.69 Å². The molecule has 1 heterocycles. The second-order valence-electron chi connectivity index (χ2n) is 3.92. The van der Waals surface area contributed by atoms with Crippen LogP contribution in [0.3, 0.4) is 0 Å². The van der Waals surface area contributed by atoms with Crippen LogP contribution in [0.1, 0.15) is 10.4 Å². The van der Waals surface area contributed by atoms with E-state index in [4.69, 9.17) is 11.6 Å². The maximum Gasteiger partial charge on any atom is 0.269 e. The van der Waals surface area contributed by atoms with E-state index in [2.05, 4.69) is 0 Å². The number of hydrogen-bond donors (Lipinski definition) is 0. The summed E-state index contributed by atoms with van der Waals surface area (Å²) in [5.74, 6) is -0.123. The van der Waals surface area contributed by atoms with Crippen LogP contribution in [0.15, 0.2) is 48.8 Å². The van der Waals surface area contributed by atoms with E-state index >= 15 is 0 Å². The number of nitro benzene ring substituents is 1. The highest BCUT2D eigenvalue weighted by Crippen LogP contribution is 2.12. The molecule has 20 heavy (non-hydrogen) atoms. The number of benzene rings is 1. The third-order valence-electron chi connectivity index (χ3n) is 2.58. The van der Waals surface area contributed by atoms with Crippen LogP contribution < -0.4 is 17.0 Å². The highest BCUT2D eigenvalue weighted by atomic mass is 35.5. The number of carbonyl (C=O) groups is 1. The summed E-state index contributed by atoms with van der Waals surface area (Å²) in [6.45, 7) is 0.162. The number of hydrogen-bond acceptors (Lipinski definition) is 3. The molecule has 0 radical (unpaired) electrons. The minimum atomic E-state index is -0.498. The number of pyridine rings is 1. The van der Waals surface area contributed by atoms with Gasteiger partial charge in [-0.25, -0.2) is 0 Å². The number of ketones is 1. The molecule has 0 unspecified atom stereocenters. The molecule has 0 amide bonds. The molecular formula is C13H10Cl2N2O3. The quantitative estimate of drug-likeness (QED) is 0.328. The van der Waals surface area contributed by atoms with E-state index in [0.717, 1.165) is 0 Å². The number of rotatable bonds is 4. The summed E-state index contributed by atoms with van der Waals surface area (Å²) in [7, 11) is 0. The Labute approximate surface area is 126 Å². The maximum atomic E-state index is 12.0. The normalized spacial score (nSPS) is 9.65. The first-order chi connectivity index (χ1) is 9.06. The summed E-state index contributed by atoms with van der Waals surface area (Å²) >= 11 is 5.75. The summed E-state index contributed by atoms with van der Waals surface area (Å²) in [6, 6.07) is 8.92. The lowest BCUT2D eigenvalue weighted by atomic mass is 10.1. The Morgan fingerprint density at radius 1 is 1.15 bits per heavy atom. The Balaban J connectivity index is 0.00000200. The summed E-state index contributed by atoms with van der Waals surface area (Å²) in [5.41, 5.74) is 0.406. The lowest BCUT2D eigenvalue weighted by molar-refractivity contribution is -0.683. The summed E-state index contributed by atoms with van der Waals surface area (Å²) in [5, 5.41) is 11.1. The van der Waals surface area contributed by atoms with Crippen molar-refractivity contribution < 1.29 is 26.7 Å². The molecule has 104 valence electrons. The second kappa shape index (κ2) is 6.98. The van der Waals surface area contributed by atoms with E-state index in [9.17, 15) is 14.9 Å². The van der Waals surface area contributed by atoms with Crippen LogP contribution in [-0.4, -0.2) is 10.7 Å². The van der Waals surface area contributed by atoms with Crippen LogP contribution >= 0.6 is 11.6 Å². The number of non-ortho nitro benzene ring substituents is 1. The van der Waals surface area contributed by atoms with E-state index in [1.54, 1.807) is 29.1 Å². The molecule has 0 spiro atoms. The Bertz CT molecular complexity index is 613. The minimum absolute atomic E-state index is 0. The van der Waals surface area contributed by atoms with E-state index in [1.165, 1.54) is 24.3 Å². The van der Waals surface area contributed by atoms with Gasteiger partial charge in [-0.1, -0.05) is 11.6 Å². The Morgan fingerprint density at radius 3 is 2.20 bits per heavy atom. The number of halogens is 2. The molecule has 0 saturated carbocycles. The molecule has 2 aromatic rings. The number of aromatic nitrogens is 1. The molecule has 1 aromatic carbocycles.